The van der Waals surface area contributed by atoms with Gasteiger partial charge in [-0.2, -0.15) is 14.0 Å². The Bertz CT molecular complexity index is 826. The van der Waals surface area contributed by atoms with E-state index in [-0.39, 0.29) is 11.3 Å². The Morgan fingerprint density at radius 3 is 2.25 bits per heavy atom. The lowest BCUT2D eigenvalue weighted by molar-refractivity contribution is -0.185. The van der Waals surface area contributed by atoms with Crippen molar-refractivity contribution in [3.63, 3.8) is 0 Å². The highest BCUT2D eigenvalue weighted by atomic mass is 19.3. The minimum absolute atomic E-state index is 0.0338. The van der Waals surface area contributed by atoms with Crippen molar-refractivity contribution in [1.29, 1.82) is 5.26 Å². The Morgan fingerprint density at radius 2 is 1.68 bits per heavy atom. The van der Waals surface area contributed by atoms with Crippen LogP contribution in [0.2, 0.25) is 0 Å². The van der Waals surface area contributed by atoms with E-state index in [4.69, 9.17) is 10.00 Å². The van der Waals surface area contributed by atoms with Gasteiger partial charge in [-0.15, -0.1) is 0 Å². The van der Waals surface area contributed by atoms with Crippen molar-refractivity contribution >= 4 is 0 Å². The van der Waals surface area contributed by atoms with Gasteiger partial charge in [0.05, 0.1) is 17.2 Å². The van der Waals surface area contributed by atoms with Crippen LogP contribution in [0.1, 0.15) is 61.6 Å². The van der Waals surface area contributed by atoms with Crippen LogP contribution in [0.15, 0.2) is 60.7 Å². The molecule has 1 aliphatic rings. The van der Waals surface area contributed by atoms with Crippen LogP contribution in [-0.2, 0) is 6.11 Å². The second-order valence-electron chi connectivity index (χ2n) is 7.33. The number of hydrogen-bond acceptors (Lipinski definition) is 2. The fourth-order valence-corrected chi connectivity index (χ4v) is 3.73. The molecule has 1 fully saturated rings. The van der Waals surface area contributed by atoms with E-state index in [1.54, 1.807) is 12.1 Å². The normalized spacial score (nSPS) is 20.1. The molecule has 0 N–H and O–H groups in total. The van der Waals surface area contributed by atoms with E-state index in [0.717, 1.165) is 37.7 Å². The summed E-state index contributed by atoms with van der Waals surface area (Å²) in [5.74, 6) is 1.13. The number of alkyl halides is 2. The molecular formula is C24H25F2NO. The van der Waals surface area contributed by atoms with Gasteiger partial charge in [0.2, 0.25) is 0 Å². The highest BCUT2D eigenvalue weighted by Gasteiger charge is 2.34. The summed E-state index contributed by atoms with van der Waals surface area (Å²) in [4.78, 5) is 0. The van der Waals surface area contributed by atoms with E-state index < -0.39 is 6.11 Å². The molecule has 0 aromatic heterocycles. The Hall–Kier alpha value is -2.67. The Kier molecular flexibility index (Phi) is 6.46. The maximum absolute atomic E-state index is 14.5. The van der Waals surface area contributed by atoms with Gasteiger partial charge in [0.15, 0.2) is 0 Å². The lowest BCUT2D eigenvalue weighted by Crippen LogP contribution is -2.22. The summed E-state index contributed by atoms with van der Waals surface area (Å²) >= 11 is 0. The molecule has 146 valence electrons. The first-order valence-corrected chi connectivity index (χ1v) is 9.86. The number of rotatable bonds is 6. The first-order valence-electron chi connectivity index (χ1n) is 9.86. The number of hydrogen-bond donors (Lipinski definition) is 0. The van der Waals surface area contributed by atoms with E-state index in [9.17, 15) is 8.78 Å². The van der Waals surface area contributed by atoms with Crippen LogP contribution in [-0.4, -0.2) is 0 Å². The van der Waals surface area contributed by atoms with Gasteiger partial charge in [0.25, 0.3) is 0 Å². The molecule has 2 nitrogen and oxygen atoms in total. The Balaban J connectivity index is 1.63. The topological polar surface area (TPSA) is 33.0 Å². The van der Waals surface area contributed by atoms with Crippen molar-refractivity contribution in [3.8, 4) is 11.8 Å². The number of nitriles is 1. The van der Waals surface area contributed by atoms with Crippen LogP contribution < -0.4 is 4.74 Å². The molecule has 0 atom stereocenters. The zero-order valence-electron chi connectivity index (χ0n) is 16.1. The molecule has 0 aliphatic heterocycles. The van der Waals surface area contributed by atoms with Gasteiger partial charge in [-0.05, 0) is 85.9 Å². The van der Waals surface area contributed by atoms with Gasteiger partial charge >= 0.3 is 6.11 Å². The maximum atomic E-state index is 14.5. The smallest absolute Gasteiger partial charge is 0.426 e. The second kappa shape index (κ2) is 9.01. The second-order valence-corrected chi connectivity index (χ2v) is 7.33. The van der Waals surface area contributed by atoms with Gasteiger partial charge < -0.3 is 4.74 Å². The third-order valence-corrected chi connectivity index (χ3v) is 5.36. The van der Waals surface area contributed by atoms with Crippen LogP contribution in [0.3, 0.4) is 0 Å². The minimum Gasteiger partial charge on any atom is -0.429 e. The molecule has 0 saturated heterocycles. The highest BCUT2D eigenvalue weighted by Crippen LogP contribution is 2.38. The van der Waals surface area contributed by atoms with Crippen LogP contribution in [0, 0.1) is 17.2 Å². The van der Waals surface area contributed by atoms with E-state index in [1.807, 2.05) is 6.07 Å². The number of ether oxygens (including phenoxy) is 1. The zero-order valence-corrected chi connectivity index (χ0v) is 16.1. The molecule has 0 unspecified atom stereocenters. The molecule has 1 saturated carbocycles. The van der Waals surface area contributed by atoms with Gasteiger partial charge in [0, 0.05) is 0 Å². The summed E-state index contributed by atoms with van der Waals surface area (Å²) in [6, 6.07) is 14.2. The van der Waals surface area contributed by atoms with Crippen molar-refractivity contribution in [2.24, 2.45) is 5.92 Å². The summed E-state index contributed by atoms with van der Waals surface area (Å²) in [5.41, 5.74) is 1.36. The fourth-order valence-electron chi connectivity index (χ4n) is 3.73. The van der Waals surface area contributed by atoms with Crippen LogP contribution >= 0.6 is 0 Å². The molecule has 0 heterocycles. The molecule has 1 aliphatic carbocycles. The first-order chi connectivity index (χ1) is 13.5. The van der Waals surface area contributed by atoms with Gasteiger partial charge in [0.1, 0.15) is 5.75 Å². The van der Waals surface area contributed by atoms with E-state index in [1.165, 1.54) is 36.4 Å². The lowest BCUT2D eigenvalue weighted by atomic mass is 9.78. The predicted octanol–water partition coefficient (Wildman–Crippen LogP) is 6.93. The van der Waals surface area contributed by atoms with Gasteiger partial charge in [-0.3, -0.25) is 0 Å². The molecule has 2 aromatic carbocycles. The maximum Gasteiger partial charge on any atom is 0.426 e. The van der Waals surface area contributed by atoms with E-state index in [0.29, 0.717) is 17.4 Å². The van der Waals surface area contributed by atoms with Crippen molar-refractivity contribution in [2.75, 3.05) is 0 Å². The summed E-state index contributed by atoms with van der Waals surface area (Å²) < 4.78 is 33.8. The number of halogens is 2. The standard InChI is InChI=1S/C24H25F2NO/c1-2-3-4-18-5-9-20(10-6-18)21-11-13-22(14-12-21)24(25,26)28-23-15-7-19(17-27)8-16-23/h3-4,7-8,11-16,18,20H,2,5-6,9-10H2,1H3/t18-,20-. The number of nitrogens with zero attached hydrogens (tertiary/aromatic N) is 1. The SMILES string of the molecule is CCC=C[C@H]1CC[C@H](c2ccc(C(F)(F)Oc3ccc(C#N)cc3)cc2)CC1. The third kappa shape index (κ3) is 4.98. The first kappa shape index (κ1) is 20.1. The van der Waals surface area contributed by atoms with Crippen LogP contribution in [0.5, 0.6) is 5.75 Å². The highest BCUT2D eigenvalue weighted by molar-refractivity contribution is 5.35. The van der Waals surface area contributed by atoms with Crippen molar-refractivity contribution in [2.45, 2.75) is 51.1 Å². The molecule has 0 radical (unpaired) electrons. The minimum atomic E-state index is -3.42. The third-order valence-electron chi connectivity index (χ3n) is 5.36. The fraction of sp³-hybridized carbons (Fsp3) is 0.375. The zero-order chi connectivity index (χ0) is 20.0. The molecule has 3 rings (SSSR count). The Morgan fingerprint density at radius 1 is 1.04 bits per heavy atom. The van der Waals surface area contributed by atoms with E-state index >= 15 is 0 Å². The number of benzene rings is 2. The molecule has 2 aromatic rings. The summed E-state index contributed by atoms with van der Waals surface area (Å²) in [6.07, 6.45) is 6.69. The van der Waals surface area contributed by atoms with Crippen molar-refractivity contribution < 1.29 is 13.5 Å². The molecule has 0 amide bonds. The van der Waals surface area contributed by atoms with Crippen LogP contribution in [0.4, 0.5) is 8.78 Å². The average molecular weight is 381 g/mol. The largest absolute Gasteiger partial charge is 0.429 e. The van der Waals surface area contributed by atoms with Crippen molar-refractivity contribution in [3.05, 3.63) is 77.4 Å². The van der Waals surface area contributed by atoms with Gasteiger partial charge in [-0.1, -0.05) is 31.2 Å². The lowest BCUT2D eigenvalue weighted by Gasteiger charge is -2.27. The molecule has 0 bridgehead atoms. The molecular weight excluding hydrogens is 356 g/mol. The van der Waals surface area contributed by atoms with Crippen molar-refractivity contribution in [1.82, 2.24) is 0 Å². The molecule has 0 spiro atoms. The summed E-state index contributed by atoms with van der Waals surface area (Å²) in [6.45, 7) is 2.14. The summed E-state index contributed by atoms with van der Waals surface area (Å²) in [7, 11) is 0. The monoisotopic (exact) mass is 381 g/mol. The van der Waals surface area contributed by atoms with Gasteiger partial charge in [-0.25, -0.2) is 0 Å². The summed E-state index contributed by atoms with van der Waals surface area (Å²) in [5, 5.41) is 8.78. The average Bonchev–Trinajstić information content (AvgIpc) is 2.73. The predicted molar refractivity (Wildman–Crippen MR) is 106 cm³/mol. The quantitative estimate of drug-likeness (QED) is 0.508. The van der Waals surface area contributed by atoms with E-state index in [2.05, 4.69) is 19.1 Å². The molecule has 4 heteroatoms. The Labute approximate surface area is 165 Å². The van der Waals surface area contributed by atoms with Crippen LogP contribution in [0.25, 0.3) is 0 Å². The molecule has 28 heavy (non-hydrogen) atoms. The number of allylic oxidation sites excluding steroid dienone is 2.